The molecule has 1 aromatic carbocycles. The Balaban J connectivity index is 1.60. The second kappa shape index (κ2) is 7.99. The van der Waals surface area contributed by atoms with Crippen LogP contribution in [0.15, 0.2) is 24.3 Å². The van der Waals surface area contributed by atoms with Crippen molar-refractivity contribution >= 4 is 23.4 Å². The van der Waals surface area contributed by atoms with Crippen molar-refractivity contribution < 1.29 is 9.59 Å². The zero-order valence-electron chi connectivity index (χ0n) is 15.8. The van der Waals surface area contributed by atoms with Crippen molar-refractivity contribution in [2.45, 2.75) is 58.5 Å². The molecule has 5 heteroatoms. The summed E-state index contributed by atoms with van der Waals surface area (Å²) in [5, 5.41) is 6.65. The van der Waals surface area contributed by atoms with E-state index in [1.807, 2.05) is 13.8 Å². The summed E-state index contributed by atoms with van der Waals surface area (Å²) in [6.45, 7) is 6.02. The molecule has 0 aliphatic heterocycles. The predicted molar refractivity (Wildman–Crippen MR) is 104 cm³/mol. The molecule has 5 atom stereocenters. The summed E-state index contributed by atoms with van der Waals surface area (Å²) in [6.07, 6.45) is 5.21. The number of nitrogens with one attached hydrogen (secondary N) is 2. The molecule has 4 nitrogen and oxygen atoms in total. The predicted octanol–water partition coefficient (Wildman–Crippen LogP) is 4.04. The third-order valence-electron chi connectivity index (χ3n) is 6.15. The fourth-order valence-electron chi connectivity index (χ4n) is 4.69. The Kier molecular flexibility index (Phi) is 5.91. The van der Waals surface area contributed by atoms with Crippen LogP contribution in [-0.4, -0.2) is 23.9 Å². The molecule has 0 heterocycles. The largest absolute Gasteiger partial charge is 0.352 e. The van der Waals surface area contributed by atoms with Gasteiger partial charge in [0.05, 0.1) is 0 Å². The first-order chi connectivity index (χ1) is 12.3. The van der Waals surface area contributed by atoms with Crippen LogP contribution < -0.4 is 10.6 Å². The number of amides is 2. The molecule has 2 aliphatic rings. The normalized spacial score (nSPS) is 26.6. The van der Waals surface area contributed by atoms with Crippen LogP contribution in [0.2, 0.25) is 5.02 Å². The van der Waals surface area contributed by atoms with E-state index < -0.39 is 6.04 Å². The van der Waals surface area contributed by atoms with E-state index in [0.717, 1.165) is 11.8 Å². The van der Waals surface area contributed by atoms with Crippen LogP contribution in [-0.2, 0) is 4.79 Å². The Labute approximate surface area is 161 Å². The molecular formula is C21H29ClN2O2. The lowest BCUT2D eigenvalue weighted by molar-refractivity contribution is -0.125. The quantitative estimate of drug-likeness (QED) is 0.787. The summed E-state index contributed by atoms with van der Waals surface area (Å²) >= 11 is 5.87. The molecule has 142 valence electrons. The van der Waals surface area contributed by atoms with Crippen molar-refractivity contribution in [3.05, 3.63) is 34.9 Å². The molecule has 2 fully saturated rings. The van der Waals surface area contributed by atoms with Crippen LogP contribution in [0.3, 0.4) is 0 Å². The van der Waals surface area contributed by atoms with E-state index in [2.05, 4.69) is 17.6 Å². The van der Waals surface area contributed by atoms with E-state index in [-0.39, 0.29) is 23.8 Å². The highest BCUT2D eigenvalue weighted by atomic mass is 35.5. The maximum atomic E-state index is 12.8. The number of carbonyl (C=O) groups excluding carboxylic acids is 2. The van der Waals surface area contributed by atoms with Gasteiger partial charge < -0.3 is 10.6 Å². The highest BCUT2D eigenvalue weighted by Gasteiger charge is 2.42. The van der Waals surface area contributed by atoms with Crippen LogP contribution in [0.4, 0.5) is 0 Å². The average Bonchev–Trinajstić information content (AvgIpc) is 3.23. The van der Waals surface area contributed by atoms with Crippen LogP contribution in [0.5, 0.6) is 0 Å². The fraction of sp³-hybridized carbons (Fsp3) is 0.619. The van der Waals surface area contributed by atoms with Crippen molar-refractivity contribution in [2.24, 2.45) is 23.7 Å². The van der Waals surface area contributed by atoms with Gasteiger partial charge in [0.1, 0.15) is 6.04 Å². The van der Waals surface area contributed by atoms with E-state index >= 15 is 0 Å². The Bertz CT molecular complexity index is 658. The number of carbonyl (C=O) groups is 2. The van der Waals surface area contributed by atoms with Gasteiger partial charge in [-0.15, -0.1) is 0 Å². The first kappa shape index (κ1) is 19.2. The molecule has 0 aromatic heterocycles. The molecule has 2 bridgehead atoms. The zero-order valence-corrected chi connectivity index (χ0v) is 16.6. The molecule has 2 aliphatic carbocycles. The van der Waals surface area contributed by atoms with E-state index in [9.17, 15) is 9.59 Å². The van der Waals surface area contributed by atoms with Crippen molar-refractivity contribution in [1.82, 2.24) is 10.6 Å². The minimum Gasteiger partial charge on any atom is -0.352 e. The maximum absolute atomic E-state index is 12.8. The summed E-state index contributed by atoms with van der Waals surface area (Å²) in [5.74, 6) is 1.88. The third kappa shape index (κ3) is 4.22. The van der Waals surface area contributed by atoms with Gasteiger partial charge in [-0.05, 0) is 74.1 Å². The standard InChI is InChI=1S/C21H29ClN2O2/c1-12(2)19(24-20(25)15-6-8-17(22)9-7-15)21(26)23-13(3)18-11-14-4-5-16(18)10-14/h6-9,12-14,16,18-19H,4-5,10-11H2,1-3H3,(H,23,26)(H,24,25). The zero-order chi connectivity index (χ0) is 18.8. The minimum absolute atomic E-state index is 0.0125. The van der Waals surface area contributed by atoms with Crippen LogP contribution in [0, 0.1) is 23.7 Å². The summed E-state index contributed by atoms with van der Waals surface area (Å²) in [6, 6.07) is 6.32. The molecule has 26 heavy (non-hydrogen) atoms. The van der Waals surface area contributed by atoms with E-state index in [1.54, 1.807) is 24.3 Å². The van der Waals surface area contributed by atoms with E-state index in [1.165, 1.54) is 25.7 Å². The van der Waals surface area contributed by atoms with E-state index in [4.69, 9.17) is 11.6 Å². The van der Waals surface area contributed by atoms with Crippen molar-refractivity contribution in [1.29, 1.82) is 0 Å². The molecule has 3 rings (SSSR count). The lowest BCUT2D eigenvalue weighted by Gasteiger charge is -2.31. The maximum Gasteiger partial charge on any atom is 0.251 e. The molecule has 5 unspecified atom stereocenters. The summed E-state index contributed by atoms with van der Waals surface area (Å²) in [7, 11) is 0. The van der Waals surface area contributed by atoms with Crippen LogP contribution in [0.1, 0.15) is 56.8 Å². The summed E-state index contributed by atoms with van der Waals surface area (Å²) < 4.78 is 0. The lowest BCUT2D eigenvalue weighted by Crippen LogP contribution is -2.53. The third-order valence-corrected chi connectivity index (χ3v) is 6.40. The number of hydrogen-bond acceptors (Lipinski definition) is 2. The SMILES string of the molecule is CC(C)C(NC(=O)c1ccc(Cl)cc1)C(=O)NC(C)C1CC2CCC1C2. The minimum atomic E-state index is -0.542. The molecule has 2 amide bonds. The van der Waals surface area contributed by atoms with Gasteiger partial charge >= 0.3 is 0 Å². The highest BCUT2D eigenvalue weighted by molar-refractivity contribution is 6.30. The molecule has 2 saturated carbocycles. The van der Waals surface area contributed by atoms with Gasteiger partial charge in [-0.1, -0.05) is 31.9 Å². The number of rotatable bonds is 6. The molecule has 1 aromatic rings. The van der Waals surface area contributed by atoms with Gasteiger partial charge in [-0.25, -0.2) is 0 Å². The number of hydrogen-bond donors (Lipinski definition) is 2. The Morgan fingerprint density at radius 1 is 1.04 bits per heavy atom. The Morgan fingerprint density at radius 3 is 2.27 bits per heavy atom. The van der Waals surface area contributed by atoms with Gasteiger partial charge in [0.25, 0.3) is 5.91 Å². The second-order valence-electron chi connectivity index (χ2n) is 8.34. The smallest absolute Gasteiger partial charge is 0.251 e. The molecule has 2 N–H and O–H groups in total. The average molecular weight is 377 g/mol. The summed E-state index contributed by atoms with van der Waals surface area (Å²) in [5.41, 5.74) is 0.508. The fourth-order valence-corrected chi connectivity index (χ4v) is 4.81. The summed E-state index contributed by atoms with van der Waals surface area (Å²) in [4.78, 5) is 25.3. The van der Waals surface area contributed by atoms with Crippen molar-refractivity contribution in [3.8, 4) is 0 Å². The van der Waals surface area contributed by atoms with E-state index in [0.29, 0.717) is 16.5 Å². The van der Waals surface area contributed by atoms with Gasteiger partial charge in [-0.2, -0.15) is 0 Å². The highest BCUT2D eigenvalue weighted by Crippen LogP contribution is 2.49. The molecule has 0 saturated heterocycles. The van der Waals surface area contributed by atoms with Gasteiger partial charge in [0.2, 0.25) is 5.91 Å². The van der Waals surface area contributed by atoms with Crippen molar-refractivity contribution in [2.75, 3.05) is 0 Å². The van der Waals surface area contributed by atoms with Gasteiger partial charge in [0, 0.05) is 16.6 Å². The van der Waals surface area contributed by atoms with Gasteiger partial charge in [-0.3, -0.25) is 9.59 Å². The molecular weight excluding hydrogens is 348 g/mol. The topological polar surface area (TPSA) is 58.2 Å². The lowest BCUT2D eigenvalue weighted by atomic mass is 9.84. The number of benzene rings is 1. The monoisotopic (exact) mass is 376 g/mol. The number of halogens is 1. The van der Waals surface area contributed by atoms with Crippen LogP contribution in [0.25, 0.3) is 0 Å². The Hall–Kier alpha value is -1.55. The Morgan fingerprint density at radius 2 is 1.73 bits per heavy atom. The first-order valence-corrected chi connectivity index (χ1v) is 10.1. The number of fused-ring (bicyclic) bond motifs is 2. The second-order valence-corrected chi connectivity index (χ2v) is 8.77. The first-order valence-electron chi connectivity index (χ1n) is 9.72. The van der Waals surface area contributed by atoms with Crippen LogP contribution >= 0.6 is 11.6 Å². The molecule has 0 spiro atoms. The van der Waals surface area contributed by atoms with Crippen molar-refractivity contribution in [3.63, 3.8) is 0 Å². The van der Waals surface area contributed by atoms with Gasteiger partial charge in [0.15, 0.2) is 0 Å². The molecule has 0 radical (unpaired) electrons.